The summed E-state index contributed by atoms with van der Waals surface area (Å²) in [4.78, 5) is 18.6. The fraction of sp³-hybridized carbons (Fsp3) is 0.333. The van der Waals surface area contributed by atoms with Gasteiger partial charge in [-0.15, -0.1) is 0 Å². The number of aromatic nitrogens is 1. The van der Waals surface area contributed by atoms with Gasteiger partial charge in [-0.05, 0) is 49.1 Å². The van der Waals surface area contributed by atoms with E-state index >= 15 is 0 Å². The number of nitrogens with one attached hydrogen (secondary N) is 1. The Morgan fingerprint density at radius 3 is 2.57 bits per heavy atom. The number of carbonyl (C=O) groups excluding carboxylic acids is 1. The van der Waals surface area contributed by atoms with Gasteiger partial charge in [0.15, 0.2) is 0 Å². The molecule has 5 heteroatoms. The van der Waals surface area contributed by atoms with E-state index in [2.05, 4.69) is 34.3 Å². The van der Waals surface area contributed by atoms with Gasteiger partial charge in [-0.25, -0.2) is 0 Å². The van der Waals surface area contributed by atoms with Crippen LogP contribution < -0.4 is 16.0 Å². The summed E-state index contributed by atoms with van der Waals surface area (Å²) < 4.78 is 0. The van der Waals surface area contributed by atoms with E-state index in [4.69, 9.17) is 5.73 Å². The van der Waals surface area contributed by atoms with Gasteiger partial charge in [-0.1, -0.05) is 6.92 Å². The maximum Gasteiger partial charge on any atom is 0.259 e. The number of hydrogen-bond acceptors (Lipinski definition) is 4. The van der Waals surface area contributed by atoms with E-state index in [-0.39, 0.29) is 5.91 Å². The van der Waals surface area contributed by atoms with Crippen molar-refractivity contribution < 1.29 is 4.79 Å². The average Bonchev–Trinajstić information content (AvgIpc) is 2.57. The minimum atomic E-state index is -0.241. The van der Waals surface area contributed by atoms with Crippen LogP contribution >= 0.6 is 0 Å². The second-order valence-corrected chi connectivity index (χ2v) is 6.13. The van der Waals surface area contributed by atoms with Gasteiger partial charge in [0, 0.05) is 42.5 Å². The van der Waals surface area contributed by atoms with Crippen molar-refractivity contribution in [2.45, 2.75) is 19.8 Å². The van der Waals surface area contributed by atoms with Crippen LogP contribution in [0.3, 0.4) is 0 Å². The van der Waals surface area contributed by atoms with Gasteiger partial charge in [0.2, 0.25) is 0 Å². The van der Waals surface area contributed by atoms with Crippen LogP contribution in [0.5, 0.6) is 0 Å². The molecule has 120 valence electrons. The lowest BCUT2D eigenvalue weighted by Crippen LogP contribution is -2.32. The summed E-state index contributed by atoms with van der Waals surface area (Å²) in [5.74, 6) is 0.574. The summed E-state index contributed by atoms with van der Waals surface area (Å²) in [6.07, 6.45) is 5.52. The van der Waals surface area contributed by atoms with Crippen molar-refractivity contribution in [2.24, 2.45) is 5.92 Å². The number of hydrogen-bond donors (Lipinski definition) is 2. The van der Waals surface area contributed by atoms with Gasteiger partial charge >= 0.3 is 0 Å². The molecule has 1 amide bonds. The van der Waals surface area contributed by atoms with Crippen molar-refractivity contribution in [2.75, 3.05) is 29.0 Å². The molecule has 0 atom stereocenters. The van der Waals surface area contributed by atoms with Gasteiger partial charge in [0.1, 0.15) is 0 Å². The second-order valence-electron chi connectivity index (χ2n) is 6.13. The first-order valence-electron chi connectivity index (χ1n) is 7.99. The molecule has 1 aromatic heterocycles. The van der Waals surface area contributed by atoms with Crippen LogP contribution in [0, 0.1) is 5.92 Å². The summed E-state index contributed by atoms with van der Waals surface area (Å²) in [7, 11) is 0. The topological polar surface area (TPSA) is 71.2 Å². The van der Waals surface area contributed by atoms with Gasteiger partial charge in [-0.2, -0.15) is 0 Å². The van der Waals surface area contributed by atoms with Crippen LogP contribution in [0.2, 0.25) is 0 Å². The molecule has 1 fully saturated rings. The molecule has 1 aromatic carbocycles. The molecular formula is C18H22N4O. The highest BCUT2D eigenvalue weighted by Crippen LogP contribution is 2.24. The maximum absolute atomic E-state index is 12.2. The predicted molar refractivity (Wildman–Crippen MR) is 93.7 cm³/mol. The molecule has 5 nitrogen and oxygen atoms in total. The van der Waals surface area contributed by atoms with Crippen LogP contribution in [0.25, 0.3) is 0 Å². The van der Waals surface area contributed by atoms with Crippen molar-refractivity contribution in [3.8, 4) is 0 Å². The molecule has 0 aliphatic carbocycles. The summed E-state index contributed by atoms with van der Waals surface area (Å²) in [6, 6.07) is 9.58. The Balaban J connectivity index is 1.66. The Morgan fingerprint density at radius 2 is 1.91 bits per heavy atom. The lowest BCUT2D eigenvalue weighted by molar-refractivity contribution is 0.102. The molecule has 0 spiro atoms. The first-order chi connectivity index (χ1) is 11.1. The van der Waals surface area contributed by atoms with Crippen molar-refractivity contribution in [1.82, 2.24) is 4.98 Å². The van der Waals surface area contributed by atoms with E-state index in [1.807, 2.05) is 12.1 Å². The van der Waals surface area contributed by atoms with Gasteiger partial charge in [0.25, 0.3) is 5.91 Å². The number of amides is 1. The van der Waals surface area contributed by atoms with E-state index in [0.717, 1.165) is 24.7 Å². The molecule has 0 saturated carbocycles. The Labute approximate surface area is 136 Å². The van der Waals surface area contributed by atoms with Gasteiger partial charge < -0.3 is 16.0 Å². The van der Waals surface area contributed by atoms with Crippen LogP contribution in [-0.2, 0) is 0 Å². The molecule has 3 rings (SSSR count). The second kappa shape index (κ2) is 6.69. The first-order valence-corrected chi connectivity index (χ1v) is 7.99. The summed E-state index contributed by atoms with van der Waals surface area (Å²) in [6.45, 7) is 4.50. The Morgan fingerprint density at radius 1 is 1.22 bits per heavy atom. The van der Waals surface area contributed by atoms with Crippen LogP contribution in [0.4, 0.5) is 17.1 Å². The minimum Gasteiger partial charge on any atom is -0.398 e. The molecule has 1 aliphatic heterocycles. The predicted octanol–water partition coefficient (Wildman–Crippen LogP) is 3.15. The molecule has 0 radical (unpaired) electrons. The minimum absolute atomic E-state index is 0.241. The lowest BCUT2D eigenvalue weighted by atomic mass is 9.99. The molecular weight excluding hydrogens is 288 g/mol. The van der Waals surface area contributed by atoms with Crippen LogP contribution in [0.15, 0.2) is 42.7 Å². The fourth-order valence-corrected chi connectivity index (χ4v) is 2.82. The molecule has 0 bridgehead atoms. The van der Waals surface area contributed by atoms with Gasteiger partial charge in [-0.3, -0.25) is 9.78 Å². The number of benzene rings is 1. The monoisotopic (exact) mass is 310 g/mol. The standard InChI is InChI=1S/C18H22N4O/c1-13-7-10-22(11-8-13)15-4-2-14(3-5-15)21-18(23)16-12-20-9-6-17(16)19/h2-6,9,12-13H,7-8,10-11H2,1H3,(H2,19,20)(H,21,23). The zero-order valence-corrected chi connectivity index (χ0v) is 13.3. The number of nitrogens with two attached hydrogens (primary N) is 1. The smallest absolute Gasteiger partial charge is 0.259 e. The SMILES string of the molecule is CC1CCN(c2ccc(NC(=O)c3cnccc3N)cc2)CC1. The number of piperidine rings is 1. The molecule has 2 aromatic rings. The number of anilines is 3. The van der Waals surface area contributed by atoms with E-state index < -0.39 is 0 Å². The average molecular weight is 310 g/mol. The van der Waals surface area contributed by atoms with Crippen molar-refractivity contribution >= 4 is 23.0 Å². The molecule has 3 N–H and O–H groups in total. The number of nitrogen functional groups attached to an aromatic ring is 1. The highest BCUT2D eigenvalue weighted by Gasteiger charge is 2.16. The summed E-state index contributed by atoms with van der Waals surface area (Å²) >= 11 is 0. The van der Waals surface area contributed by atoms with E-state index in [1.165, 1.54) is 24.7 Å². The van der Waals surface area contributed by atoms with Crippen molar-refractivity contribution in [3.63, 3.8) is 0 Å². The zero-order valence-electron chi connectivity index (χ0n) is 13.3. The van der Waals surface area contributed by atoms with E-state index in [9.17, 15) is 4.79 Å². The molecule has 0 unspecified atom stereocenters. The molecule has 1 saturated heterocycles. The normalized spacial score (nSPS) is 15.4. The number of nitrogens with zero attached hydrogens (tertiary/aromatic N) is 2. The summed E-state index contributed by atoms with van der Waals surface area (Å²) in [5.41, 5.74) is 8.58. The highest BCUT2D eigenvalue weighted by molar-refractivity contribution is 6.07. The Kier molecular flexibility index (Phi) is 4.46. The number of carbonyl (C=O) groups is 1. The summed E-state index contributed by atoms with van der Waals surface area (Å²) in [5, 5.41) is 2.86. The molecule has 1 aliphatic rings. The first kappa shape index (κ1) is 15.3. The third kappa shape index (κ3) is 3.62. The zero-order chi connectivity index (χ0) is 16.2. The quantitative estimate of drug-likeness (QED) is 0.913. The highest BCUT2D eigenvalue weighted by atomic mass is 16.1. The van der Waals surface area contributed by atoms with Crippen LogP contribution in [-0.4, -0.2) is 24.0 Å². The Bertz CT molecular complexity index is 676. The largest absolute Gasteiger partial charge is 0.398 e. The third-order valence-electron chi connectivity index (χ3n) is 4.37. The Hall–Kier alpha value is -2.56. The van der Waals surface area contributed by atoms with Crippen molar-refractivity contribution in [3.05, 3.63) is 48.3 Å². The van der Waals surface area contributed by atoms with Crippen molar-refractivity contribution in [1.29, 1.82) is 0 Å². The number of pyridine rings is 1. The lowest BCUT2D eigenvalue weighted by Gasteiger charge is -2.32. The van der Waals surface area contributed by atoms with Gasteiger partial charge in [0.05, 0.1) is 5.56 Å². The molecule has 2 heterocycles. The van der Waals surface area contributed by atoms with E-state index in [0.29, 0.717) is 11.3 Å². The third-order valence-corrected chi connectivity index (χ3v) is 4.37. The fourth-order valence-electron chi connectivity index (χ4n) is 2.82. The van der Waals surface area contributed by atoms with Crippen LogP contribution in [0.1, 0.15) is 30.1 Å². The molecule has 23 heavy (non-hydrogen) atoms. The van der Waals surface area contributed by atoms with E-state index in [1.54, 1.807) is 12.3 Å². The maximum atomic E-state index is 12.2. The number of rotatable bonds is 3.